The Morgan fingerprint density at radius 2 is 1.88 bits per heavy atom. The van der Waals surface area contributed by atoms with E-state index in [0.717, 1.165) is 30.7 Å². The van der Waals surface area contributed by atoms with E-state index < -0.39 is 0 Å². The van der Waals surface area contributed by atoms with Crippen molar-refractivity contribution in [1.82, 2.24) is 10.6 Å². The quantitative estimate of drug-likeness (QED) is 0.587. The van der Waals surface area contributed by atoms with Gasteiger partial charge in [0.15, 0.2) is 0 Å². The van der Waals surface area contributed by atoms with Gasteiger partial charge in [0, 0.05) is 17.5 Å². The Labute approximate surface area is 111 Å². The van der Waals surface area contributed by atoms with Crippen LogP contribution in [-0.4, -0.2) is 31.1 Å². The molecule has 0 heterocycles. The van der Waals surface area contributed by atoms with Crippen molar-refractivity contribution in [1.29, 1.82) is 0 Å². The number of thioether (sulfide) groups is 1. The van der Waals surface area contributed by atoms with Gasteiger partial charge in [-0.3, -0.25) is 0 Å². The molecule has 0 aromatic rings. The second-order valence-electron chi connectivity index (χ2n) is 4.32. The van der Waals surface area contributed by atoms with Gasteiger partial charge >= 0.3 is 0 Å². The molecule has 2 nitrogen and oxygen atoms in total. The van der Waals surface area contributed by atoms with Crippen LogP contribution in [0, 0.1) is 0 Å². The fourth-order valence-electron chi connectivity index (χ4n) is 1.76. The number of nitrogens with one attached hydrogen (secondary N) is 2. The third kappa shape index (κ3) is 6.18. The summed E-state index contributed by atoms with van der Waals surface area (Å²) in [6, 6.07) is 0.698. The first-order chi connectivity index (χ1) is 8.10. The summed E-state index contributed by atoms with van der Waals surface area (Å²) in [4.78, 5) is 0. The highest BCUT2D eigenvalue weighted by molar-refractivity contribution is 7.98. The second-order valence-corrected chi connectivity index (χ2v) is 5.23. The molecule has 0 aromatic carbocycles. The Morgan fingerprint density at radius 1 is 1.24 bits per heavy atom. The molecule has 0 amide bonds. The molecule has 0 rings (SSSR count). The van der Waals surface area contributed by atoms with Gasteiger partial charge in [-0.15, -0.1) is 0 Å². The minimum atomic E-state index is 0.328. The van der Waals surface area contributed by atoms with Crippen LogP contribution in [0.3, 0.4) is 0 Å². The normalized spacial score (nSPS) is 14.1. The molecule has 0 aromatic heterocycles. The largest absolute Gasteiger partial charge is 0.381 e. The van der Waals surface area contributed by atoms with E-state index in [-0.39, 0.29) is 0 Å². The van der Waals surface area contributed by atoms with Crippen LogP contribution in [0.1, 0.15) is 33.1 Å². The minimum Gasteiger partial charge on any atom is -0.381 e. The molecule has 2 unspecified atom stereocenters. The molecule has 17 heavy (non-hydrogen) atoms. The summed E-state index contributed by atoms with van der Waals surface area (Å²) in [7, 11) is 1.98. The van der Waals surface area contributed by atoms with Gasteiger partial charge in [-0.2, -0.15) is 11.8 Å². The molecule has 0 aliphatic heterocycles. The lowest BCUT2D eigenvalue weighted by Crippen LogP contribution is -2.40. The Morgan fingerprint density at radius 3 is 2.29 bits per heavy atom. The van der Waals surface area contributed by atoms with E-state index in [9.17, 15) is 0 Å². The number of likely N-dealkylation sites (N-methyl/N-ethyl adjacent to an activating group) is 1. The molecule has 0 bridgehead atoms. The minimum absolute atomic E-state index is 0.328. The summed E-state index contributed by atoms with van der Waals surface area (Å²) < 4.78 is 0. The molecule has 0 saturated heterocycles. The Hall–Kier alpha value is -0.410. The smallest absolute Gasteiger partial charge is 0.0552 e. The SMILES string of the molecule is C=C(CC)C(CCC)NC(=C)C(CSC)NC. The van der Waals surface area contributed by atoms with Crippen LogP contribution in [0.4, 0.5) is 0 Å². The van der Waals surface area contributed by atoms with Crippen molar-refractivity contribution in [3.8, 4) is 0 Å². The fraction of sp³-hybridized carbons (Fsp3) is 0.714. The first kappa shape index (κ1) is 16.6. The zero-order valence-corrected chi connectivity index (χ0v) is 12.6. The molecule has 3 heteroatoms. The number of hydrogen-bond donors (Lipinski definition) is 2. The van der Waals surface area contributed by atoms with Crippen molar-refractivity contribution in [3.05, 3.63) is 24.4 Å². The van der Waals surface area contributed by atoms with E-state index in [1.807, 2.05) is 18.8 Å². The summed E-state index contributed by atoms with van der Waals surface area (Å²) in [5, 5.41) is 6.83. The van der Waals surface area contributed by atoms with Crippen LogP contribution in [0.25, 0.3) is 0 Å². The monoisotopic (exact) mass is 256 g/mol. The highest BCUT2D eigenvalue weighted by Crippen LogP contribution is 2.13. The van der Waals surface area contributed by atoms with Crippen LogP contribution in [-0.2, 0) is 0 Å². The lowest BCUT2D eigenvalue weighted by molar-refractivity contribution is 0.532. The summed E-state index contributed by atoms with van der Waals surface area (Å²) >= 11 is 1.83. The highest BCUT2D eigenvalue weighted by Gasteiger charge is 2.15. The van der Waals surface area contributed by atoms with E-state index in [1.165, 1.54) is 5.57 Å². The van der Waals surface area contributed by atoms with Gasteiger partial charge in [-0.05, 0) is 26.1 Å². The molecule has 100 valence electrons. The van der Waals surface area contributed by atoms with Crippen molar-refractivity contribution in [2.75, 3.05) is 19.1 Å². The van der Waals surface area contributed by atoms with Gasteiger partial charge in [0.1, 0.15) is 0 Å². The van der Waals surface area contributed by atoms with E-state index >= 15 is 0 Å². The molecule has 0 aliphatic carbocycles. The first-order valence-corrected chi connectivity index (χ1v) is 7.79. The Kier molecular flexibility index (Phi) is 9.37. The van der Waals surface area contributed by atoms with E-state index in [1.54, 1.807) is 0 Å². The summed E-state index contributed by atoms with van der Waals surface area (Å²) in [6.07, 6.45) is 5.43. The third-order valence-electron chi connectivity index (χ3n) is 2.99. The highest BCUT2D eigenvalue weighted by atomic mass is 32.2. The predicted molar refractivity (Wildman–Crippen MR) is 81.6 cm³/mol. The van der Waals surface area contributed by atoms with Gasteiger partial charge < -0.3 is 10.6 Å². The van der Waals surface area contributed by atoms with E-state index in [2.05, 4.69) is 43.9 Å². The van der Waals surface area contributed by atoms with Gasteiger partial charge in [0.05, 0.1) is 6.04 Å². The van der Waals surface area contributed by atoms with Crippen LogP contribution in [0.5, 0.6) is 0 Å². The molecule has 2 atom stereocenters. The van der Waals surface area contributed by atoms with Crippen molar-refractivity contribution >= 4 is 11.8 Å². The molecular formula is C14H28N2S. The Bertz CT molecular complexity index is 238. The Balaban J connectivity index is 4.41. The lowest BCUT2D eigenvalue weighted by atomic mass is 10.0. The maximum absolute atomic E-state index is 4.16. The van der Waals surface area contributed by atoms with Crippen molar-refractivity contribution < 1.29 is 0 Å². The molecule has 0 aliphatic rings. The molecular weight excluding hydrogens is 228 g/mol. The van der Waals surface area contributed by atoms with Crippen LogP contribution >= 0.6 is 11.8 Å². The predicted octanol–water partition coefficient (Wildman–Crippen LogP) is 3.18. The standard InChI is InChI=1S/C14H28N2S/c1-7-9-13(11(3)8-2)16-12(4)14(15-5)10-17-6/h13-16H,3-4,7-10H2,1-2,5-6H3. The molecule has 0 spiro atoms. The van der Waals surface area contributed by atoms with Gasteiger partial charge in [0.2, 0.25) is 0 Å². The second kappa shape index (κ2) is 9.60. The number of rotatable bonds is 10. The zero-order valence-electron chi connectivity index (χ0n) is 11.8. The summed E-state index contributed by atoms with van der Waals surface area (Å²) in [5.41, 5.74) is 2.35. The summed E-state index contributed by atoms with van der Waals surface area (Å²) in [6.45, 7) is 12.7. The average Bonchev–Trinajstić information content (AvgIpc) is 2.34. The van der Waals surface area contributed by atoms with Crippen LogP contribution in [0.15, 0.2) is 24.4 Å². The first-order valence-electron chi connectivity index (χ1n) is 6.39. The molecule has 0 saturated carbocycles. The fourth-order valence-corrected chi connectivity index (χ4v) is 2.46. The topological polar surface area (TPSA) is 24.1 Å². The van der Waals surface area contributed by atoms with Gasteiger partial charge in [-0.1, -0.05) is 39.0 Å². The molecule has 0 radical (unpaired) electrons. The van der Waals surface area contributed by atoms with E-state index in [4.69, 9.17) is 0 Å². The zero-order chi connectivity index (χ0) is 13.3. The maximum atomic E-state index is 4.16. The van der Waals surface area contributed by atoms with Crippen LogP contribution in [0.2, 0.25) is 0 Å². The van der Waals surface area contributed by atoms with E-state index in [0.29, 0.717) is 12.1 Å². The van der Waals surface area contributed by atoms with Crippen molar-refractivity contribution in [2.24, 2.45) is 0 Å². The molecule has 2 N–H and O–H groups in total. The third-order valence-corrected chi connectivity index (χ3v) is 3.65. The van der Waals surface area contributed by atoms with Gasteiger partial charge in [-0.25, -0.2) is 0 Å². The number of hydrogen-bond acceptors (Lipinski definition) is 3. The van der Waals surface area contributed by atoms with Crippen molar-refractivity contribution in [3.63, 3.8) is 0 Å². The van der Waals surface area contributed by atoms with Gasteiger partial charge in [0.25, 0.3) is 0 Å². The lowest BCUT2D eigenvalue weighted by Gasteiger charge is -2.26. The molecule has 0 fully saturated rings. The maximum Gasteiger partial charge on any atom is 0.0552 e. The average molecular weight is 256 g/mol. The van der Waals surface area contributed by atoms with Crippen molar-refractivity contribution in [2.45, 2.75) is 45.2 Å². The summed E-state index contributed by atoms with van der Waals surface area (Å²) in [5.74, 6) is 1.04. The van der Waals surface area contributed by atoms with Crippen LogP contribution < -0.4 is 10.6 Å².